The lowest BCUT2D eigenvalue weighted by atomic mass is 10.2. The predicted molar refractivity (Wildman–Crippen MR) is 86.9 cm³/mol. The standard InChI is InChI=1S/C13H14Cl2N4OS/c1-19-4-5-21-6-9(19)12-17-13(20-18-12)10-7(14)2-3-8(15)11(10)16/h2-3,9H,4-6,16H2,1H3. The van der Waals surface area contributed by atoms with E-state index in [4.69, 9.17) is 33.5 Å². The molecule has 2 aromatic rings. The highest BCUT2D eigenvalue weighted by molar-refractivity contribution is 7.99. The third-order valence-corrected chi connectivity index (χ3v) is 5.16. The third-order valence-electron chi connectivity index (χ3n) is 3.49. The van der Waals surface area contributed by atoms with Crippen molar-refractivity contribution in [2.45, 2.75) is 6.04 Å². The Labute approximate surface area is 136 Å². The van der Waals surface area contributed by atoms with Gasteiger partial charge in [-0.15, -0.1) is 0 Å². The SMILES string of the molecule is CN1CCSCC1c1noc(-c2c(Cl)ccc(Cl)c2N)n1. The second-order valence-corrected chi connectivity index (χ2v) is 6.81. The Hall–Kier alpha value is -0.950. The average Bonchev–Trinajstić information content (AvgIpc) is 2.93. The zero-order chi connectivity index (χ0) is 15.0. The number of aromatic nitrogens is 2. The van der Waals surface area contributed by atoms with E-state index in [0.29, 0.717) is 33.0 Å². The summed E-state index contributed by atoms with van der Waals surface area (Å²) >= 11 is 14.1. The Morgan fingerprint density at radius 1 is 1.38 bits per heavy atom. The molecular formula is C13H14Cl2N4OS. The van der Waals surface area contributed by atoms with E-state index in [1.807, 2.05) is 11.8 Å². The van der Waals surface area contributed by atoms with Gasteiger partial charge in [-0.3, -0.25) is 4.90 Å². The molecule has 2 heterocycles. The van der Waals surface area contributed by atoms with Crippen LogP contribution in [0.1, 0.15) is 11.9 Å². The van der Waals surface area contributed by atoms with Gasteiger partial charge in [0.15, 0.2) is 5.82 Å². The lowest BCUT2D eigenvalue weighted by molar-refractivity contribution is 0.257. The molecule has 0 spiro atoms. The van der Waals surface area contributed by atoms with Crippen molar-refractivity contribution < 1.29 is 4.52 Å². The van der Waals surface area contributed by atoms with Crippen LogP contribution >= 0.6 is 35.0 Å². The van der Waals surface area contributed by atoms with E-state index < -0.39 is 0 Å². The molecule has 0 radical (unpaired) electrons. The van der Waals surface area contributed by atoms with Crippen molar-refractivity contribution in [2.75, 3.05) is 30.8 Å². The lowest BCUT2D eigenvalue weighted by Crippen LogP contribution is -2.33. The minimum absolute atomic E-state index is 0.139. The topological polar surface area (TPSA) is 68.2 Å². The molecule has 0 bridgehead atoms. The van der Waals surface area contributed by atoms with Crippen LogP contribution in [0.15, 0.2) is 16.7 Å². The average molecular weight is 345 g/mol. The van der Waals surface area contributed by atoms with Crippen molar-refractivity contribution in [3.8, 4) is 11.5 Å². The van der Waals surface area contributed by atoms with Crippen molar-refractivity contribution >= 4 is 40.7 Å². The molecule has 1 atom stereocenters. The second kappa shape index (κ2) is 6.04. The summed E-state index contributed by atoms with van der Waals surface area (Å²) in [6.45, 7) is 0.999. The Morgan fingerprint density at radius 2 is 2.14 bits per heavy atom. The number of nitrogens with zero attached hydrogens (tertiary/aromatic N) is 3. The highest BCUT2D eigenvalue weighted by Crippen LogP contribution is 2.37. The molecule has 5 nitrogen and oxygen atoms in total. The van der Waals surface area contributed by atoms with Crippen LogP contribution in [0, 0.1) is 0 Å². The number of nitrogen functional groups attached to an aromatic ring is 1. The molecule has 0 aliphatic carbocycles. The first-order chi connectivity index (χ1) is 10.1. The summed E-state index contributed by atoms with van der Waals surface area (Å²) in [5.41, 5.74) is 6.82. The molecule has 0 amide bonds. The van der Waals surface area contributed by atoms with Gasteiger partial charge in [-0.25, -0.2) is 0 Å². The minimum atomic E-state index is 0.139. The van der Waals surface area contributed by atoms with Crippen LogP contribution in [0.3, 0.4) is 0 Å². The fourth-order valence-electron chi connectivity index (χ4n) is 2.21. The van der Waals surface area contributed by atoms with Crippen molar-refractivity contribution in [1.29, 1.82) is 0 Å². The van der Waals surface area contributed by atoms with Gasteiger partial charge in [0.25, 0.3) is 5.89 Å². The van der Waals surface area contributed by atoms with Crippen molar-refractivity contribution in [3.63, 3.8) is 0 Å². The second-order valence-electron chi connectivity index (χ2n) is 4.85. The predicted octanol–water partition coefficient (Wildman–Crippen LogP) is 3.35. The van der Waals surface area contributed by atoms with Crippen LogP contribution in [0.4, 0.5) is 5.69 Å². The largest absolute Gasteiger partial charge is 0.397 e. The minimum Gasteiger partial charge on any atom is -0.397 e. The van der Waals surface area contributed by atoms with Gasteiger partial charge < -0.3 is 10.3 Å². The molecule has 1 saturated heterocycles. The maximum atomic E-state index is 6.18. The molecule has 21 heavy (non-hydrogen) atoms. The van der Waals surface area contributed by atoms with Crippen LogP contribution < -0.4 is 5.73 Å². The van der Waals surface area contributed by atoms with Gasteiger partial charge in [-0.1, -0.05) is 28.4 Å². The molecule has 2 N–H and O–H groups in total. The van der Waals surface area contributed by atoms with E-state index in [0.717, 1.165) is 18.1 Å². The number of benzene rings is 1. The highest BCUT2D eigenvalue weighted by atomic mass is 35.5. The number of halogens is 2. The molecular weight excluding hydrogens is 331 g/mol. The smallest absolute Gasteiger partial charge is 0.261 e. The Morgan fingerprint density at radius 3 is 2.90 bits per heavy atom. The number of nitrogens with two attached hydrogens (primary N) is 1. The number of anilines is 1. The van der Waals surface area contributed by atoms with Crippen LogP contribution in [0.25, 0.3) is 11.5 Å². The quantitative estimate of drug-likeness (QED) is 0.842. The highest BCUT2D eigenvalue weighted by Gasteiger charge is 2.27. The van der Waals surface area contributed by atoms with Crippen LogP contribution in [-0.2, 0) is 0 Å². The monoisotopic (exact) mass is 344 g/mol. The Bertz CT molecular complexity index is 664. The Kier molecular flexibility index (Phi) is 4.31. The van der Waals surface area contributed by atoms with Crippen molar-refractivity contribution in [2.24, 2.45) is 0 Å². The molecule has 0 saturated carbocycles. The van der Waals surface area contributed by atoms with Gasteiger partial charge in [0.2, 0.25) is 0 Å². The maximum absolute atomic E-state index is 6.18. The zero-order valence-electron chi connectivity index (χ0n) is 11.3. The van der Waals surface area contributed by atoms with Gasteiger partial charge in [-0.05, 0) is 19.2 Å². The molecule has 112 valence electrons. The molecule has 1 aromatic carbocycles. The van der Waals surface area contributed by atoms with E-state index >= 15 is 0 Å². The van der Waals surface area contributed by atoms with Crippen molar-refractivity contribution in [1.82, 2.24) is 15.0 Å². The molecule has 3 rings (SSSR count). The number of rotatable bonds is 2. The van der Waals surface area contributed by atoms with Crippen LogP contribution in [0.2, 0.25) is 10.0 Å². The summed E-state index contributed by atoms with van der Waals surface area (Å²) in [7, 11) is 2.06. The first kappa shape index (κ1) is 15.0. The summed E-state index contributed by atoms with van der Waals surface area (Å²) in [6, 6.07) is 3.45. The van der Waals surface area contributed by atoms with Gasteiger partial charge in [0, 0.05) is 18.1 Å². The summed E-state index contributed by atoms with van der Waals surface area (Å²) in [6.07, 6.45) is 0. The summed E-state index contributed by atoms with van der Waals surface area (Å²) in [4.78, 5) is 6.68. The van der Waals surface area contributed by atoms with Crippen LogP contribution in [-0.4, -0.2) is 40.1 Å². The normalized spacial score (nSPS) is 19.9. The molecule has 1 aliphatic heterocycles. The van der Waals surface area contributed by atoms with Gasteiger partial charge in [0.1, 0.15) is 0 Å². The van der Waals surface area contributed by atoms with E-state index in [1.165, 1.54) is 0 Å². The number of thioether (sulfide) groups is 1. The van der Waals surface area contributed by atoms with E-state index in [-0.39, 0.29) is 6.04 Å². The zero-order valence-corrected chi connectivity index (χ0v) is 13.7. The van der Waals surface area contributed by atoms with Gasteiger partial charge in [0.05, 0.1) is 27.3 Å². The fraction of sp³-hybridized carbons (Fsp3) is 0.385. The van der Waals surface area contributed by atoms with Gasteiger partial charge in [-0.2, -0.15) is 16.7 Å². The van der Waals surface area contributed by atoms with Crippen LogP contribution in [0.5, 0.6) is 0 Å². The summed E-state index contributed by atoms with van der Waals surface area (Å²) in [5.74, 6) is 3.01. The summed E-state index contributed by atoms with van der Waals surface area (Å²) in [5, 5.41) is 4.94. The first-order valence-electron chi connectivity index (χ1n) is 6.43. The van der Waals surface area contributed by atoms with E-state index in [2.05, 4.69) is 22.1 Å². The van der Waals surface area contributed by atoms with Crippen molar-refractivity contribution in [3.05, 3.63) is 28.0 Å². The third kappa shape index (κ3) is 2.85. The molecule has 1 unspecified atom stereocenters. The maximum Gasteiger partial charge on any atom is 0.261 e. The first-order valence-corrected chi connectivity index (χ1v) is 8.34. The summed E-state index contributed by atoms with van der Waals surface area (Å²) < 4.78 is 5.35. The number of hydrogen-bond acceptors (Lipinski definition) is 6. The molecule has 8 heteroatoms. The number of hydrogen-bond donors (Lipinski definition) is 1. The molecule has 1 aromatic heterocycles. The Balaban J connectivity index is 1.97. The van der Waals surface area contributed by atoms with E-state index in [1.54, 1.807) is 12.1 Å². The lowest BCUT2D eigenvalue weighted by Gasteiger charge is -2.29. The molecule has 1 fully saturated rings. The fourth-order valence-corrected chi connectivity index (χ4v) is 3.83. The van der Waals surface area contributed by atoms with Gasteiger partial charge >= 0.3 is 0 Å². The van der Waals surface area contributed by atoms with E-state index in [9.17, 15) is 0 Å². The molecule has 1 aliphatic rings.